The van der Waals surface area contributed by atoms with Crippen molar-refractivity contribution < 1.29 is 9.47 Å². The van der Waals surface area contributed by atoms with E-state index >= 15 is 0 Å². The molecule has 0 radical (unpaired) electrons. The molecule has 6 nitrogen and oxygen atoms in total. The van der Waals surface area contributed by atoms with Crippen molar-refractivity contribution in [1.29, 1.82) is 0 Å². The molecular weight excluding hydrogens is 340 g/mol. The molecule has 27 heavy (non-hydrogen) atoms. The van der Waals surface area contributed by atoms with Crippen LogP contribution in [0.2, 0.25) is 0 Å². The van der Waals surface area contributed by atoms with Gasteiger partial charge in [-0.1, -0.05) is 30.3 Å². The Balaban J connectivity index is 1.70. The van der Waals surface area contributed by atoms with E-state index in [1.54, 1.807) is 7.11 Å². The summed E-state index contributed by atoms with van der Waals surface area (Å²) < 4.78 is 11.4. The van der Waals surface area contributed by atoms with Gasteiger partial charge in [0.05, 0.1) is 7.11 Å². The molecule has 0 amide bonds. The lowest BCUT2D eigenvalue weighted by Gasteiger charge is -2.12. The molecule has 2 aromatic heterocycles. The minimum Gasteiger partial charge on any atom is -0.497 e. The number of hydrogen-bond acceptors (Lipinski definition) is 5. The summed E-state index contributed by atoms with van der Waals surface area (Å²) in [7, 11) is 1.65. The van der Waals surface area contributed by atoms with Crippen LogP contribution < -0.4 is 14.8 Å². The number of aryl methyl sites for hydroxylation is 1. The van der Waals surface area contributed by atoms with Crippen molar-refractivity contribution in [1.82, 2.24) is 15.2 Å². The fourth-order valence-electron chi connectivity index (χ4n) is 2.84. The van der Waals surface area contributed by atoms with Crippen molar-refractivity contribution >= 4 is 22.4 Å². The smallest absolute Gasteiger partial charge is 0.223 e. The fourth-order valence-corrected chi connectivity index (χ4v) is 2.84. The van der Waals surface area contributed by atoms with Gasteiger partial charge in [-0.3, -0.25) is 5.10 Å². The van der Waals surface area contributed by atoms with Crippen molar-refractivity contribution in [3.05, 3.63) is 71.9 Å². The highest BCUT2D eigenvalue weighted by molar-refractivity contribution is 5.90. The number of benzene rings is 2. The Morgan fingerprint density at radius 1 is 1.00 bits per heavy atom. The normalized spacial score (nSPS) is 10.7. The van der Waals surface area contributed by atoms with Gasteiger partial charge in [0, 0.05) is 17.1 Å². The lowest BCUT2D eigenvalue weighted by atomic mass is 10.1. The fraction of sp³-hybridized carbons (Fsp3) is 0.143. The summed E-state index contributed by atoms with van der Waals surface area (Å²) in [5.74, 6) is 2.71. The second-order valence-corrected chi connectivity index (χ2v) is 6.24. The SMILES string of the molecule is COc1ccc2c(OCc3ccccc3)nc(Nc3cc(C)[nH]n3)cc2c1. The quantitative estimate of drug-likeness (QED) is 0.526. The third-order valence-electron chi connectivity index (χ3n) is 4.18. The standard InChI is InChI=1S/C21H20N4O2/c1-14-10-20(25-24-14)22-19-12-16-11-17(26-2)8-9-18(16)21(23-19)27-13-15-6-4-3-5-7-15/h3-12H,13H2,1-2H3,(H2,22,23,24,25). The monoisotopic (exact) mass is 360 g/mol. The van der Waals surface area contributed by atoms with Gasteiger partial charge in [0.25, 0.3) is 0 Å². The number of ether oxygens (including phenoxy) is 2. The molecule has 0 unspecified atom stereocenters. The molecule has 0 saturated heterocycles. The van der Waals surface area contributed by atoms with E-state index < -0.39 is 0 Å². The topological polar surface area (TPSA) is 72.1 Å². The predicted octanol–water partition coefficient (Wildman–Crippen LogP) is 4.60. The van der Waals surface area contributed by atoms with Crippen LogP contribution in [0, 0.1) is 6.92 Å². The molecule has 0 bridgehead atoms. The summed E-state index contributed by atoms with van der Waals surface area (Å²) in [6.45, 7) is 2.39. The zero-order valence-electron chi connectivity index (χ0n) is 15.2. The Hall–Kier alpha value is -3.54. The molecule has 0 aliphatic rings. The Bertz CT molecular complexity index is 1060. The molecule has 136 valence electrons. The highest BCUT2D eigenvalue weighted by atomic mass is 16.5. The van der Waals surface area contributed by atoms with Gasteiger partial charge >= 0.3 is 0 Å². The largest absolute Gasteiger partial charge is 0.497 e. The van der Waals surface area contributed by atoms with Crippen LogP contribution in [0.25, 0.3) is 10.8 Å². The van der Waals surface area contributed by atoms with E-state index in [2.05, 4.69) is 20.5 Å². The number of nitrogens with zero attached hydrogens (tertiary/aromatic N) is 2. The number of aromatic nitrogens is 3. The van der Waals surface area contributed by atoms with E-state index in [9.17, 15) is 0 Å². The molecule has 0 aliphatic heterocycles. The predicted molar refractivity (Wildman–Crippen MR) is 106 cm³/mol. The summed E-state index contributed by atoms with van der Waals surface area (Å²) in [5.41, 5.74) is 2.06. The van der Waals surface area contributed by atoms with Gasteiger partial charge in [0.1, 0.15) is 18.2 Å². The van der Waals surface area contributed by atoms with E-state index in [0.29, 0.717) is 24.1 Å². The molecule has 4 aromatic rings. The van der Waals surface area contributed by atoms with Crippen molar-refractivity contribution in [3.8, 4) is 11.6 Å². The molecule has 4 rings (SSSR count). The summed E-state index contributed by atoms with van der Waals surface area (Å²) in [6.07, 6.45) is 0. The van der Waals surface area contributed by atoms with Gasteiger partial charge in [-0.15, -0.1) is 0 Å². The number of methoxy groups -OCH3 is 1. The zero-order chi connectivity index (χ0) is 18.6. The average Bonchev–Trinajstić information content (AvgIpc) is 3.11. The third kappa shape index (κ3) is 3.84. The lowest BCUT2D eigenvalue weighted by molar-refractivity contribution is 0.298. The maximum atomic E-state index is 6.04. The molecular formula is C21H20N4O2. The second-order valence-electron chi connectivity index (χ2n) is 6.24. The molecule has 2 aromatic carbocycles. The Kier molecular flexibility index (Phi) is 4.61. The molecule has 6 heteroatoms. The number of nitrogens with one attached hydrogen (secondary N) is 2. The Morgan fingerprint density at radius 2 is 1.85 bits per heavy atom. The van der Waals surface area contributed by atoms with Crippen LogP contribution in [-0.2, 0) is 6.61 Å². The van der Waals surface area contributed by atoms with Gasteiger partial charge in [-0.25, -0.2) is 0 Å². The average molecular weight is 360 g/mol. The first-order valence-electron chi connectivity index (χ1n) is 8.66. The van der Waals surface area contributed by atoms with E-state index in [0.717, 1.165) is 27.8 Å². The minimum absolute atomic E-state index is 0.444. The molecule has 0 atom stereocenters. The van der Waals surface area contributed by atoms with Crippen molar-refractivity contribution in [3.63, 3.8) is 0 Å². The summed E-state index contributed by atoms with van der Waals surface area (Å²) in [5, 5.41) is 12.2. The van der Waals surface area contributed by atoms with Crippen LogP contribution in [0.15, 0.2) is 60.7 Å². The van der Waals surface area contributed by atoms with Gasteiger partial charge in [-0.05, 0) is 42.1 Å². The van der Waals surface area contributed by atoms with Gasteiger partial charge in [0.15, 0.2) is 5.82 Å². The number of hydrogen-bond donors (Lipinski definition) is 2. The van der Waals surface area contributed by atoms with Gasteiger partial charge in [-0.2, -0.15) is 10.1 Å². The molecule has 0 aliphatic carbocycles. The summed E-state index contributed by atoms with van der Waals surface area (Å²) >= 11 is 0. The van der Waals surface area contributed by atoms with Crippen LogP contribution in [-0.4, -0.2) is 22.3 Å². The maximum Gasteiger partial charge on any atom is 0.223 e. The van der Waals surface area contributed by atoms with Crippen molar-refractivity contribution in [2.45, 2.75) is 13.5 Å². The van der Waals surface area contributed by atoms with Crippen molar-refractivity contribution in [2.24, 2.45) is 0 Å². The molecule has 2 heterocycles. The van der Waals surface area contributed by atoms with Gasteiger partial charge in [0.2, 0.25) is 5.88 Å². The van der Waals surface area contributed by atoms with Crippen molar-refractivity contribution in [2.75, 3.05) is 12.4 Å². The highest BCUT2D eigenvalue weighted by Gasteiger charge is 2.10. The molecule has 0 fully saturated rings. The number of H-pyrrole nitrogens is 1. The molecule has 0 spiro atoms. The summed E-state index contributed by atoms with van der Waals surface area (Å²) in [6, 6.07) is 19.7. The highest BCUT2D eigenvalue weighted by Crippen LogP contribution is 2.31. The van der Waals surface area contributed by atoms with Crippen LogP contribution in [0.4, 0.5) is 11.6 Å². The van der Waals surface area contributed by atoms with E-state index in [4.69, 9.17) is 9.47 Å². The number of aromatic amines is 1. The molecule has 0 saturated carbocycles. The molecule has 2 N–H and O–H groups in total. The zero-order valence-corrected chi connectivity index (χ0v) is 15.2. The maximum absolute atomic E-state index is 6.04. The number of pyridine rings is 1. The van der Waals surface area contributed by atoms with Crippen LogP contribution in [0.3, 0.4) is 0 Å². The van der Waals surface area contributed by atoms with Crippen LogP contribution in [0.1, 0.15) is 11.3 Å². The van der Waals surface area contributed by atoms with E-state index in [1.165, 1.54) is 0 Å². The van der Waals surface area contributed by atoms with Crippen LogP contribution in [0.5, 0.6) is 11.6 Å². The first-order valence-corrected chi connectivity index (χ1v) is 8.66. The van der Waals surface area contributed by atoms with Gasteiger partial charge < -0.3 is 14.8 Å². The number of rotatable bonds is 6. The lowest BCUT2D eigenvalue weighted by Crippen LogP contribution is -2.01. The second kappa shape index (κ2) is 7.37. The minimum atomic E-state index is 0.444. The van der Waals surface area contributed by atoms with E-state index in [-0.39, 0.29) is 0 Å². The first-order chi connectivity index (χ1) is 13.2. The van der Waals surface area contributed by atoms with Crippen LogP contribution >= 0.6 is 0 Å². The number of fused-ring (bicyclic) bond motifs is 1. The number of anilines is 2. The van der Waals surface area contributed by atoms with E-state index in [1.807, 2.05) is 67.6 Å². The Labute approximate surface area is 157 Å². The third-order valence-corrected chi connectivity index (χ3v) is 4.18. The first kappa shape index (κ1) is 16.9. The Morgan fingerprint density at radius 3 is 2.59 bits per heavy atom. The summed E-state index contributed by atoms with van der Waals surface area (Å²) in [4.78, 5) is 4.65.